The summed E-state index contributed by atoms with van der Waals surface area (Å²) in [6.07, 6.45) is 3.83. The Labute approximate surface area is 212 Å². The van der Waals surface area contributed by atoms with Crippen molar-refractivity contribution in [2.75, 3.05) is 24.4 Å². The molecule has 2 rings (SSSR count). The van der Waals surface area contributed by atoms with Gasteiger partial charge in [-0.2, -0.15) is 24.4 Å². The highest BCUT2D eigenvalue weighted by molar-refractivity contribution is 7.98. The van der Waals surface area contributed by atoms with E-state index in [1.807, 2.05) is 30.5 Å². The maximum absolute atomic E-state index is 13.1. The third-order valence-corrected chi connectivity index (χ3v) is 6.32. The zero-order valence-electron chi connectivity index (χ0n) is 19.2. The maximum Gasteiger partial charge on any atom is 0.326 e. The van der Waals surface area contributed by atoms with E-state index in [2.05, 4.69) is 33.6 Å². The Balaban J connectivity index is 2.26. The number of rotatable bonds is 14. The average Bonchev–Trinajstić information content (AvgIpc) is 3.26. The number of thiol groups is 1. The number of nitrogens with one attached hydrogen (secondary N) is 4. The molecule has 35 heavy (non-hydrogen) atoms. The molecule has 1 heterocycles. The van der Waals surface area contributed by atoms with E-state index in [1.54, 1.807) is 6.20 Å². The summed E-state index contributed by atoms with van der Waals surface area (Å²) in [5, 5.41) is 26.9. The summed E-state index contributed by atoms with van der Waals surface area (Å²) in [6, 6.07) is 2.82. The van der Waals surface area contributed by atoms with Crippen LogP contribution in [0, 0.1) is 0 Å². The molecule has 0 saturated heterocycles. The smallest absolute Gasteiger partial charge is 0.326 e. The van der Waals surface area contributed by atoms with Crippen molar-refractivity contribution in [2.45, 2.75) is 37.0 Å². The van der Waals surface area contributed by atoms with Crippen LogP contribution in [0.25, 0.3) is 10.9 Å². The molecule has 8 N–H and O–H groups in total. The summed E-state index contributed by atoms with van der Waals surface area (Å²) in [5.41, 5.74) is 7.08. The highest BCUT2D eigenvalue weighted by atomic mass is 32.2. The fraction of sp³-hybridized carbons (Fsp3) is 0.455. The number of amides is 3. The second-order valence-electron chi connectivity index (χ2n) is 7.84. The topological polar surface area (TPSA) is 187 Å². The van der Waals surface area contributed by atoms with Crippen molar-refractivity contribution in [1.29, 1.82) is 0 Å². The summed E-state index contributed by atoms with van der Waals surface area (Å²) in [7, 11) is 0. The third-order valence-electron chi connectivity index (χ3n) is 5.31. The Morgan fingerprint density at radius 1 is 1.06 bits per heavy atom. The van der Waals surface area contributed by atoms with Crippen LogP contribution in [0.2, 0.25) is 0 Å². The van der Waals surface area contributed by atoms with Crippen LogP contribution in [0.4, 0.5) is 0 Å². The summed E-state index contributed by atoms with van der Waals surface area (Å²) < 4.78 is 0. The summed E-state index contributed by atoms with van der Waals surface area (Å²) >= 11 is 5.55. The standard InChI is InChI=1S/C22H31N5O6S2/c1-35-7-6-16(22(32)33)25-20(30)17(8-12-9-24-15-5-3-2-4-13(12)15)26-21(31)18(11-34)27-19(29)14(23)10-28/h2-5,9,14,16-18,24,28,34H,6-8,10-11,23H2,1H3,(H,25,30)(H,26,31)(H,27,29)(H,32,33). The van der Waals surface area contributed by atoms with E-state index in [4.69, 9.17) is 10.8 Å². The summed E-state index contributed by atoms with van der Waals surface area (Å²) in [5.74, 6) is -2.87. The molecule has 2 aromatic rings. The molecule has 1 aromatic heterocycles. The number of nitrogens with two attached hydrogens (primary N) is 1. The fourth-order valence-electron chi connectivity index (χ4n) is 3.32. The van der Waals surface area contributed by atoms with Gasteiger partial charge in [0.2, 0.25) is 17.7 Å². The molecule has 4 atom stereocenters. The lowest BCUT2D eigenvalue weighted by Crippen LogP contribution is -2.58. The van der Waals surface area contributed by atoms with Crippen LogP contribution in [-0.4, -0.2) is 87.4 Å². The molecule has 0 aliphatic rings. The van der Waals surface area contributed by atoms with E-state index in [9.17, 15) is 24.3 Å². The van der Waals surface area contributed by atoms with E-state index in [-0.39, 0.29) is 18.6 Å². The number of H-pyrrole nitrogens is 1. The normalized spacial score (nSPS) is 14.5. The molecule has 0 saturated carbocycles. The maximum atomic E-state index is 13.1. The van der Waals surface area contributed by atoms with Crippen molar-refractivity contribution in [3.63, 3.8) is 0 Å². The zero-order chi connectivity index (χ0) is 26.0. The minimum absolute atomic E-state index is 0.0693. The highest BCUT2D eigenvalue weighted by Crippen LogP contribution is 2.19. The Kier molecular flexibility index (Phi) is 11.4. The largest absolute Gasteiger partial charge is 0.480 e. The van der Waals surface area contributed by atoms with Crippen molar-refractivity contribution in [3.8, 4) is 0 Å². The number of aliphatic hydroxyl groups is 1. The number of aliphatic carboxylic acids is 1. The van der Waals surface area contributed by atoms with E-state index in [0.29, 0.717) is 5.75 Å². The number of benzene rings is 1. The molecular weight excluding hydrogens is 494 g/mol. The second kappa shape index (κ2) is 14.0. The number of para-hydroxylation sites is 1. The third kappa shape index (κ3) is 8.16. The van der Waals surface area contributed by atoms with E-state index in [0.717, 1.165) is 16.5 Å². The first-order chi connectivity index (χ1) is 16.7. The fourth-order valence-corrected chi connectivity index (χ4v) is 4.05. The Morgan fingerprint density at radius 3 is 2.31 bits per heavy atom. The van der Waals surface area contributed by atoms with Gasteiger partial charge in [0.1, 0.15) is 24.2 Å². The number of fused-ring (bicyclic) bond motifs is 1. The molecule has 3 amide bonds. The molecule has 4 unspecified atom stereocenters. The Morgan fingerprint density at radius 2 is 1.69 bits per heavy atom. The van der Waals surface area contributed by atoms with Gasteiger partial charge < -0.3 is 36.9 Å². The van der Waals surface area contributed by atoms with Gasteiger partial charge in [-0.3, -0.25) is 14.4 Å². The lowest BCUT2D eigenvalue weighted by molar-refractivity contribution is -0.142. The van der Waals surface area contributed by atoms with Gasteiger partial charge in [-0.1, -0.05) is 18.2 Å². The van der Waals surface area contributed by atoms with Gasteiger partial charge in [0, 0.05) is 29.3 Å². The van der Waals surface area contributed by atoms with Gasteiger partial charge in [0.25, 0.3) is 0 Å². The van der Waals surface area contributed by atoms with Gasteiger partial charge in [-0.25, -0.2) is 4.79 Å². The van der Waals surface area contributed by atoms with Crippen LogP contribution >= 0.6 is 24.4 Å². The monoisotopic (exact) mass is 525 g/mol. The van der Waals surface area contributed by atoms with E-state index < -0.39 is 54.5 Å². The van der Waals surface area contributed by atoms with Crippen molar-refractivity contribution in [2.24, 2.45) is 5.73 Å². The van der Waals surface area contributed by atoms with Gasteiger partial charge in [0.15, 0.2) is 0 Å². The minimum atomic E-state index is -1.22. The van der Waals surface area contributed by atoms with Gasteiger partial charge in [-0.05, 0) is 30.1 Å². The molecule has 0 radical (unpaired) electrons. The van der Waals surface area contributed by atoms with Gasteiger partial charge in [0.05, 0.1) is 6.61 Å². The molecule has 0 aliphatic heterocycles. The van der Waals surface area contributed by atoms with Crippen molar-refractivity contribution >= 4 is 59.0 Å². The van der Waals surface area contributed by atoms with Crippen molar-refractivity contribution in [3.05, 3.63) is 36.0 Å². The number of hydrogen-bond donors (Lipinski definition) is 8. The zero-order valence-corrected chi connectivity index (χ0v) is 20.9. The second-order valence-corrected chi connectivity index (χ2v) is 9.19. The molecule has 0 aliphatic carbocycles. The van der Waals surface area contributed by atoms with E-state index >= 15 is 0 Å². The molecule has 1 aromatic carbocycles. The summed E-state index contributed by atoms with van der Waals surface area (Å²) in [6.45, 7) is -0.606. The number of hydrogen-bond acceptors (Lipinski definition) is 8. The first-order valence-corrected chi connectivity index (χ1v) is 12.9. The van der Waals surface area contributed by atoms with Gasteiger partial charge >= 0.3 is 5.97 Å². The van der Waals surface area contributed by atoms with Crippen molar-refractivity contribution in [1.82, 2.24) is 20.9 Å². The van der Waals surface area contributed by atoms with Crippen molar-refractivity contribution < 1.29 is 29.4 Å². The first-order valence-electron chi connectivity index (χ1n) is 10.9. The van der Waals surface area contributed by atoms with Crippen LogP contribution in [0.5, 0.6) is 0 Å². The minimum Gasteiger partial charge on any atom is -0.480 e. The molecule has 13 heteroatoms. The highest BCUT2D eigenvalue weighted by Gasteiger charge is 2.30. The number of carbonyl (C=O) groups excluding carboxylic acids is 3. The Hall–Kier alpha value is -2.74. The number of carboxylic acid groups (broad SMARTS) is 1. The molecule has 0 spiro atoms. The molecular formula is C22H31N5O6S2. The lowest BCUT2D eigenvalue weighted by atomic mass is 10.0. The molecule has 192 valence electrons. The first kappa shape index (κ1) is 28.5. The number of thioether (sulfide) groups is 1. The number of aromatic amines is 1. The van der Waals surface area contributed by atoms with E-state index in [1.165, 1.54) is 11.8 Å². The predicted octanol–water partition coefficient (Wildman–Crippen LogP) is -0.748. The quantitative estimate of drug-likeness (QED) is 0.148. The number of aliphatic hydroxyl groups excluding tert-OH is 1. The number of carboxylic acids is 1. The summed E-state index contributed by atoms with van der Waals surface area (Å²) in [4.78, 5) is 52.8. The van der Waals surface area contributed by atoms with Crippen LogP contribution in [0.1, 0.15) is 12.0 Å². The van der Waals surface area contributed by atoms with Gasteiger partial charge in [-0.15, -0.1) is 0 Å². The number of aromatic nitrogens is 1. The lowest BCUT2D eigenvalue weighted by Gasteiger charge is -2.24. The molecule has 0 fully saturated rings. The SMILES string of the molecule is CSCCC(NC(=O)C(Cc1c[nH]c2ccccc12)NC(=O)C(CS)NC(=O)C(N)CO)C(=O)O. The predicted molar refractivity (Wildman–Crippen MR) is 137 cm³/mol. The molecule has 11 nitrogen and oxygen atoms in total. The Bertz CT molecular complexity index is 1030. The number of carbonyl (C=O) groups is 4. The van der Waals surface area contributed by atoms with Crippen LogP contribution in [0.3, 0.4) is 0 Å². The molecule has 0 bridgehead atoms. The van der Waals surface area contributed by atoms with Crippen LogP contribution in [-0.2, 0) is 25.6 Å². The van der Waals surface area contributed by atoms with Crippen LogP contribution in [0.15, 0.2) is 30.5 Å². The van der Waals surface area contributed by atoms with Crippen LogP contribution < -0.4 is 21.7 Å². The average molecular weight is 526 g/mol.